The van der Waals surface area contributed by atoms with Crippen molar-refractivity contribution in [1.82, 2.24) is 14.5 Å². The van der Waals surface area contributed by atoms with Crippen molar-refractivity contribution in [3.05, 3.63) is 53.6 Å². The van der Waals surface area contributed by atoms with Crippen molar-refractivity contribution in [3.63, 3.8) is 0 Å². The lowest BCUT2D eigenvalue weighted by molar-refractivity contribution is 0.940. The molecule has 0 bridgehead atoms. The van der Waals surface area contributed by atoms with Crippen molar-refractivity contribution in [1.29, 1.82) is 0 Å². The van der Waals surface area contributed by atoms with Gasteiger partial charge in [-0.1, -0.05) is 17.7 Å². The zero-order chi connectivity index (χ0) is 13.9. The minimum absolute atomic E-state index is 0.767. The Morgan fingerprint density at radius 3 is 3.00 bits per heavy atom. The Bertz CT molecular complexity index is 721. The van der Waals surface area contributed by atoms with Crippen LogP contribution in [0.4, 0.5) is 5.82 Å². The summed E-state index contributed by atoms with van der Waals surface area (Å²) in [6, 6.07) is 6.01. The fourth-order valence-electron chi connectivity index (χ4n) is 2.36. The number of anilines is 1. The van der Waals surface area contributed by atoms with E-state index in [1.54, 1.807) is 18.6 Å². The van der Waals surface area contributed by atoms with Crippen LogP contribution in [0.5, 0.6) is 0 Å². The van der Waals surface area contributed by atoms with Crippen molar-refractivity contribution in [3.8, 4) is 0 Å². The van der Waals surface area contributed by atoms with Crippen LogP contribution in [-0.2, 0) is 13.5 Å². The van der Waals surface area contributed by atoms with Gasteiger partial charge < -0.3 is 9.88 Å². The van der Waals surface area contributed by atoms with Crippen LogP contribution in [0.15, 0.2) is 43.0 Å². The lowest BCUT2D eigenvalue weighted by Crippen LogP contribution is -2.06. The summed E-state index contributed by atoms with van der Waals surface area (Å²) in [6.07, 6.45) is 8.15. The van der Waals surface area contributed by atoms with E-state index in [0.717, 1.165) is 29.3 Å². The molecule has 3 aromatic rings. The number of benzene rings is 1. The van der Waals surface area contributed by atoms with Gasteiger partial charge in [-0.05, 0) is 24.1 Å². The number of aromatic nitrogens is 3. The molecule has 0 unspecified atom stereocenters. The van der Waals surface area contributed by atoms with Crippen molar-refractivity contribution in [2.45, 2.75) is 6.42 Å². The van der Waals surface area contributed by atoms with Gasteiger partial charge in [-0.2, -0.15) is 0 Å². The molecule has 4 nitrogen and oxygen atoms in total. The zero-order valence-corrected chi connectivity index (χ0v) is 11.9. The second-order valence-electron chi connectivity index (χ2n) is 4.69. The van der Waals surface area contributed by atoms with Crippen molar-refractivity contribution < 1.29 is 0 Å². The number of hydrogen-bond donors (Lipinski definition) is 1. The van der Waals surface area contributed by atoms with Crippen LogP contribution in [0.2, 0.25) is 5.02 Å². The molecule has 0 saturated heterocycles. The number of fused-ring (bicyclic) bond motifs is 1. The van der Waals surface area contributed by atoms with Crippen LogP contribution in [0.3, 0.4) is 0 Å². The predicted molar refractivity (Wildman–Crippen MR) is 82.2 cm³/mol. The minimum Gasteiger partial charge on any atom is -0.368 e. The molecule has 5 heteroatoms. The van der Waals surface area contributed by atoms with Gasteiger partial charge in [-0.3, -0.25) is 4.98 Å². The zero-order valence-electron chi connectivity index (χ0n) is 11.2. The Labute approximate surface area is 122 Å². The second-order valence-corrected chi connectivity index (χ2v) is 5.13. The third-order valence-electron chi connectivity index (χ3n) is 3.30. The molecule has 2 heterocycles. The number of halogens is 1. The van der Waals surface area contributed by atoms with Gasteiger partial charge in [0.2, 0.25) is 0 Å². The van der Waals surface area contributed by atoms with Crippen LogP contribution >= 0.6 is 11.6 Å². The number of nitrogens with zero attached hydrogens (tertiary/aromatic N) is 3. The second kappa shape index (κ2) is 5.51. The van der Waals surface area contributed by atoms with E-state index >= 15 is 0 Å². The molecule has 1 N–H and O–H groups in total. The highest BCUT2D eigenvalue weighted by molar-refractivity contribution is 6.31. The molecule has 0 fully saturated rings. The van der Waals surface area contributed by atoms with E-state index in [0.29, 0.717) is 0 Å². The standard InChI is InChI=1S/C15H15ClN4/c1-20-10-11(13-3-2-12(16)8-14(13)20)4-5-18-15-9-17-6-7-19-15/h2-3,6-10H,4-5H2,1H3,(H,18,19). The summed E-state index contributed by atoms with van der Waals surface area (Å²) >= 11 is 6.04. The lowest BCUT2D eigenvalue weighted by atomic mass is 10.1. The van der Waals surface area contributed by atoms with E-state index in [1.165, 1.54) is 10.9 Å². The van der Waals surface area contributed by atoms with Crippen molar-refractivity contribution in [2.24, 2.45) is 7.05 Å². The third kappa shape index (κ3) is 2.60. The topological polar surface area (TPSA) is 42.7 Å². The molecule has 102 valence electrons. The Morgan fingerprint density at radius 1 is 1.30 bits per heavy atom. The molecule has 20 heavy (non-hydrogen) atoms. The lowest BCUT2D eigenvalue weighted by Gasteiger charge is -2.03. The molecule has 0 aliphatic rings. The summed E-state index contributed by atoms with van der Waals surface area (Å²) in [5, 5.41) is 5.28. The first-order valence-corrected chi connectivity index (χ1v) is 6.85. The van der Waals surface area contributed by atoms with Gasteiger partial charge in [0.25, 0.3) is 0 Å². The van der Waals surface area contributed by atoms with Crippen LogP contribution in [0.25, 0.3) is 10.9 Å². The predicted octanol–water partition coefficient (Wildman–Crippen LogP) is 3.28. The summed E-state index contributed by atoms with van der Waals surface area (Å²) in [4.78, 5) is 8.22. The first-order chi connectivity index (χ1) is 9.74. The molecular weight excluding hydrogens is 272 g/mol. The van der Waals surface area contributed by atoms with Gasteiger partial charge in [0.15, 0.2) is 0 Å². The Morgan fingerprint density at radius 2 is 2.20 bits per heavy atom. The Kier molecular flexibility index (Phi) is 3.56. The highest BCUT2D eigenvalue weighted by Crippen LogP contribution is 2.24. The molecule has 0 saturated carbocycles. The van der Waals surface area contributed by atoms with Gasteiger partial charge >= 0.3 is 0 Å². The third-order valence-corrected chi connectivity index (χ3v) is 3.53. The first-order valence-electron chi connectivity index (χ1n) is 6.47. The number of nitrogens with one attached hydrogen (secondary N) is 1. The highest BCUT2D eigenvalue weighted by atomic mass is 35.5. The molecule has 3 rings (SSSR count). The fraction of sp³-hybridized carbons (Fsp3) is 0.200. The normalized spacial score (nSPS) is 10.9. The number of rotatable bonds is 4. The SMILES string of the molecule is Cn1cc(CCNc2cnccn2)c2ccc(Cl)cc21. The molecule has 0 amide bonds. The Hall–Kier alpha value is -2.07. The molecule has 1 aromatic carbocycles. The van der Waals surface area contributed by atoms with E-state index in [4.69, 9.17) is 11.6 Å². The minimum atomic E-state index is 0.767. The highest BCUT2D eigenvalue weighted by Gasteiger charge is 2.06. The maximum absolute atomic E-state index is 6.04. The van der Waals surface area contributed by atoms with Gasteiger partial charge in [0.05, 0.1) is 6.20 Å². The van der Waals surface area contributed by atoms with Crippen LogP contribution < -0.4 is 5.32 Å². The smallest absolute Gasteiger partial charge is 0.144 e. The molecule has 0 aliphatic carbocycles. The average Bonchev–Trinajstić information content (AvgIpc) is 2.76. The van der Waals surface area contributed by atoms with Crippen molar-refractivity contribution in [2.75, 3.05) is 11.9 Å². The Balaban J connectivity index is 1.75. The van der Waals surface area contributed by atoms with Gasteiger partial charge in [-0.25, -0.2) is 4.98 Å². The summed E-state index contributed by atoms with van der Waals surface area (Å²) in [6.45, 7) is 0.820. The molecular formula is C15H15ClN4. The summed E-state index contributed by atoms with van der Waals surface area (Å²) in [7, 11) is 2.04. The van der Waals surface area contributed by atoms with Crippen LogP contribution in [0.1, 0.15) is 5.56 Å². The molecule has 2 aromatic heterocycles. The van der Waals surface area contributed by atoms with E-state index < -0.39 is 0 Å². The maximum atomic E-state index is 6.04. The molecule has 0 spiro atoms. The largest absolute Gasteiger partial charge is 0.368 e. The van der Waals surface area contributed by atoms with Crippen molar-refractivity contribution >= 4 is 28.3 Å². The number of hydrogen-bond acceptors (Lipinski definition) is 3. The quantitative estimate of drug-likeness (QED) is 0.800. The molecule has 0 atom stereocenters. The molecule has 0 aliphatic heterocycles. The average molecular weight is 287 g/mol. The fourth-order valence-corrected chi connectivity index (χ4v) is 2.52. The van der Waals surface area contributed by atoms with Crippen LogP contribution in [-0.4, -0.2) is 21.1 Å². The van der Waals surface area contributed by atoms with Gasteiger partial charge in [-0.15, -0.1) is 0 Å². The molecule has 0 radical (unpaired) electrons. The van der Waals surface area contributed by atoms with E-state index in [1.807, 2.05) is 19.2 Å². The summed E-state index contributed by atoms with van der Waals surface area (Å²) in [5.41, 5.74) is 2.46. The summed E-state index contributed by atoms with van der Waals surface area (Å²) < 4.78 is 2.11. The first kappa shape index (κ1) is 12.9. The van der Waals surface area contributed by atoms with Gasteiger partial charge in [0.1, 0.15) is 5.82 Å². The van der Waals surface area contributed by atoms with Crippen LogP contribution in [0, 0.1) is 0 Å². The van der Waals surface area contributed by atoms with E-state index in [-0.39, 0.29) is 0 Å². The number of aryl methyl sites for hydroxylation is 1. The monoisotopic (exact) mass is 286 g/mol. The van der Waals surface area contributed by atoms with E-state index in [9.17, 15) is 0 Å². The summed E-state index contributed by atoms with van der Waals surface area (Å²) in [5.74, 6) is 0.802. The van der Waals surface area contributed by atoms with E-state index in [2.05, 4.69) is 32.1 Å². The maximum Gasteiger partial charge on any atom is 0.144 e. The van der Waals surface area contributed by atoms with Gasteiger partial charge in [0, 0.05) is 48.1 Å².